The van der Waals surface area contributed by atoms with Gasteiger partial charge in [0.1, 0.15) is 0 Å². The van der Waals surface area contributed by atoms with Crippen molar-refractivity contribution in [3.05, 3.63) is 22.4 Å². The number of aliphatic imine (C=N–C) groups is 1. The molecule has 0 aromatic carbocycles. The maximum absolute atomic E-state index is 8.25. The van der Waals surface area contributed by atoms with Crippen LogP contribution in [0.3, 0.4) is 0 Å². The van der Waals surface area contributed by atoms with E-state index in [1.807, 2.05) is 16.8 Å². The molecule has 4 heteroatoms. The lowest BCUT2D eigenvalue weighted by molar-refractivity contribution is 0.405. The lowest BCUT2D eigenvalue weighted by Gasteiger charge is -1.96. The van der Waals surface area contributed by atoms with Crippen molar-refractivity contribution in [3.8, 4) is 6.19 Å². The molecular formula is C7H6N2OS. The fourth-order valence-electron chi connectivity index (χ4n) is 0.660. The molecule has 0 aliphatic heterocycles. The molecule has 0 radical (unpaired) electrons. The molecule has 0 N–H and O–H groups in total. The highest BCUT2D eigenvalue weighted by Gasteiger charge is 2.01. The maximum Gasteiger partial charge on any atom is 0.232 e. The van der Waals surface area contributed by atoms with Crippen LogP contribution < -0.4 is 0 Å². The van der Waals surface area contributed by atoms with Crippen molar-refractivity contribution in [3.63, 3.8) is 0 Å². The number of methoxy groups -OCH3 is 1. The van der Waals surface area contributed by atoms with Crippen LogP contribution in [-0.4, -0.2) is 13.0 Å². The molecule has 1 aromatic rings. The van der Waals surface area contributed by atoms with Crippen molar-refractivity contribution < 1.29 is 4.74 Å². The minimum Gasteiger partial charge on any atom is -0.480 e. The Morgan fingerprint density at radius 1 is 1.82 bits per heavy atom. The van der Waals surface area contributed by atoms with Gasteiger partial charge in [0.15, 0.2) is 0 Å². The Labute approximate surface area is 68.6 Å². The van der Waals surface area contributed by atoms with Gasteiger partial charge in [0.05, 0.1) is 7.11 Å². The minimum absolute atomic E-state index is 0.369. The Hall–Kier alpha value is -1.34. The molecule has 1 heterocycles. The van der Waals surface area contributed by atoms with Gasteiger partial charge in [-0.15, -0.1) is 4.99 Å². The number of hydrogen-bond donors (Lipinski definition) is 0. The molecule has 0 aliphatic carbocycles. The summed E-state index contributed by atoms with van der Waals surface area (Å²) in [7, 11) is 1.49. The fraction of sp³-hybridized carbons (Fsp3) is 0.143. The van der Waals surface area contributed by atoms with E-state index in [-0.39, 0.29) is 0 Å². The number of hydrogen-bond acceptors (Lipinski definition) is 4. The van der Waals surface area contributed by atoms with Gasteiger partial charge in [0.2, 0.25) is 12.1 Å². The highest BCUT2D eigenvalue weighted by Crippen LogP contribution is 2.07. The topological polar surface area (TPSA) is 45.4 Å². The first-order valence-corrected chi connectivity index (χ1v) is 3.86. The van der Waals surface area contributed by atoms with Crippen LogP contribution in [-0.2, 0) is 4.74 Å². The summed E-state index contributed by atoms with van der Waals surface area (Å²) in [6, 6.07) is 1.85. The van der Waals surface area contributed by atoms with Crippen molar-refractivity contribution in [1.82, 2.24) is 0 Å². The summed E-state index contributed by atoms with van der Waals surface area (Å²) in [5, 5.41) is 12.0. The molecule has 0 spiro atoms. The number of ether oxygens (including phenoxy) is 1. The summed E-state index contributed by atoms with van der Waals surface area (Å²) in [4.78, 5) is 3.49. The first kappa shape index (κ1) is 7.76. The van der Waals surface area contributed by atoms with E-state index in [0.29, 0.717) is 5.90 Å². The molecular weight excluding hydrogens is 160 g/mol. The van der Waals surface area contributed by atoms with Crippen molar-refractivity contribution in [2.24, 2.45) is 4.99 Å². The van der Waals surface area contributed by atoms with E-state index in [4.69, 9.17) is 10.00 Å². The highest BCUT2D eigenvalue weighted by atomic mass is 32.1. The average Bonchev–Trinajstić information content (AvgIpc) is 2.52. The van der Waals surface area contributed by atoms with Gasteiger partial charge in [-0.05, 0) is 11.4 Å². The van der Waals surface area contributed by atoms with Crippen molar-refractivity contribution in [2.75, 3.05) is 7.11 Å². The van der Waals surface area contributed by atoms with Gasteiger partial charge in [-0.25, -0.2) is 0 Å². The third-order valence-corrected chi connectivity index (χ3v) is 1.80. The summed E-state index contributed by atoms with van der Waals surface area (Å²) in [5.41, 5.74) is 0.846. The third kappa shape index (κ3) is 1.79. The standard InChI is InChI=1S/C7H6N2OS/c1-10-7(9-5-8)6-2-3-11-4-6/h2-4H,1H3/b9-7-. The first-order chi connectivity index (χ1) is 5.38. The smallest absolute Gasteiger partial charge is 0.232 e. The number of nitriles is 1. The van der Waals surface area contributed by atoms with Gasteiger partial charge in [-0.1, -0.05) is 0 Å². The van der Waals surface area contributed by atoms with Gasteiger partial charge in [0.25, 0.3) is 0 Å². The molecule has 0 aliphatic rings. The van der Waals surface area contributed by atoms with Gasteiger partial charge in [-0.2, -0.15) is 16.6 Å². The number of rotatable bonds is 1. The third-order valence-electron chi connectivity index (χ3n) is 1.11. The molecule has 11 heavy (non-hydrogen) atoms. The van der Waals surface area contributed by atoms with Crippen molar-refractivity contribution in [1.29, 1.82) is 5.26 Å². The van der Waals surface area contributed by atoms with Crippen LogP contribution in [0, 0.1) is 11.5 Å². The number of thiophene rings is 1. The van der Waals surface area contributed by atoms with Crippen LogP contribution in [0.25, 0.3) is 0 Å². The van der Waals surface area contributed by atoms with Gasteiger partial charge in [-0.3, -0.25) is 0 Å². The summed E-state index contributed by atoms with van der Waals surface area (Å²) in [6.07, 6.45) is 1.67. The quantitative estimate of drug-likeness (QED) is 0.361. The molecule has 1 rings (SSSR count). The zero-order valence-electron chi connectivity index (χ0n) is 5.94. The Morgan fingerprint density at radius 2 is 2.64 bits per heavy atom. The second-order valence-corrected chi connectivity index (χ2v) is 2.51. The average molecular weight is 166 g/mol. The highest BCUT2D eigenvalue weighted by molar-refractivity contribution is 7.08. The maximum atomic E-state index is 8.25. The second-order valence-electron chi connectivity index (χ2n) is 1.73. The molecule has 0 amide bonds. The van der Waals surface area contributed by atoms with Gasteiger partial charge < -0.3 is 4.74 Å². The minimum atomic E-state index is 0.369. The van der Waals surface area contributed by atoms with Crippen molar-refractivity contribution in [2.45, 2.75) is 0 Å². The molecule has 0 unspecified atom stereocenters. The Balaban J connectivity index is 2.91. The molecule has 56 valence electrons. The monoisotopic (exact) mass is 166 g/mol. The summed E-state index contributed by atoms with van der Waals surface area (Å²) in [5.74, 6) is 0.369. The zero-order chi connectivity index (χ0) is 8.10. The van der Waals surface area contributed by atoms with E-state index in [0.717, 1.165) is 5.56 Å². The Morgan fingerprint density at radius 3 is 3.09 bits per heavy atom. The molecule has 3 nitrogen and oxygen atoms in total. The molecule has 0 fully saturated rings. The van der Waals surface area contributed by atoms with Crippen LogP contribution in [0.2, 0.25) is 0 Å². The SMILES string of the molecule is CO/C(=N\C#N)c1ccsc1. The zero-order valence-corrected chi connectivity index (χ0v) is 6.76. The van der Waals surface area contributed by atoms with Crippen LogP contribution in [0.15, 0.2) is 21.8 Å². The molecule has 0 atom stereocenters. The molecule has 0 bridgehead atoms. The lowest BCUT2D eigenvalue weighted by atomic mass is 10.3. The predicted octanol–water partition coefficient (Wildman–Crippen LogP) is 1.62. The molecule has 0 saturated heterocycles. The van der Waals surface area contributed by atoms with Crippen LogP contribution >= 0.6 is 11.3 Å². The van der Waals surface area contributed by atoms with E-state index in [9.17, 15) is 0 Å². The Kier molecular flexibility index (Phi) is 2.64. The fourth-order valence-corrected chi connectivity index (χ4v) is 1.29. The summed E-state index contributed by atoms with van der Waals surface area (Å²) >= 11 is 1.54. The number of nitrogens with zero attached hydrogens (tertiary/aromatic N) is 2. The predicted molar refractivity (Wildman–Crippen MR) is 43.5 cm³/mol. The van der Waals surface area contributed by atoms with E-state index in [1.165, 1.54) is 18.4 Å². The van der Waals surface area contributed by atoms with E-state index in [1.54, 1.807) is 6.19 Å². The van der Waals surface area contributed by atoms with Crippen LogP contribution in [0.4, 0.5) is 0 Å². The van der Waals surface area contributed by atoms with E-state index >= 15 is 0 Å². The summed E-state index contributed by atoms with van der Waals surface area (Å²) < 4.78 is 4.87. The van der Waals surface area contributed by atoms with Crippen LogP contribution in [0.5, 0.6) is 0 Å². The van der Waals surface area contributed by atoms with Gasteiger partial charge >= 0.3 is 0 Å². The van der Waals surface area contributed by atoms with Gasteiger partial charge in [0, 0.05) is 10.9 Å². The normalized spacial score (nSPS) is 10.7. The summed E-state index contributed by atoms with van der Waals surface area (Å²) in [6.45, 7) is 0. The molecule has 1 aromatic heterocycles. The first-order valence-electron chi connectivity index (χ1n) is 2.92. The largest absolute Gasteiger partial charge is 0.480 e. The van der Waals surface area contributed by atoms with E-state index in [2.05, 4.69) is 4.99 Å². The Bertz CT molecular complexity index is 284. The van der Waals surface area contributed by atoms with Crippen molar-refractivity contribution >= 4 is 17.2 Å². The van der Waals surface area contributed by atoms with E-state index < -0.39 is 0 Å². The molecule has 0 saturated carbocycles. The van der Waals surface area contributed by atoms with Crippen LogP contribution in [0.1, 0.15) is 5.56 Å². The second kappa shape index (κ2) is 3.74. The lowest BCUT2D eigenvalue weighted by Crippen LogP contribution is -2.00.